The quantitative estimate of drug-likeness (QED) is 0.343. The molecule has 0 spiro atoms. The smallest absolute Gasteiger partial charge is 0.419 e. The van der Waals surface area contributed by atoms with Gasteiger partial charge in [0.05, 0.1) is 17.0 Å². The topological polar surface area (TPSA) is 72.4 Å². The van der Waals surface area contributed by atoms with Crippen molar-refractivity contribution in [2.24, 2.45) is 7.05 Å². The molecule has 1 aromatic heterocycles. The molecule has 0 radical (unpaired) electrons. The lowest BCUT2D eigenvalue weighted by atomic mass is 9.81. The number of fused-ring (bicyclic) bond motifs is 1. The van der Waals surface area contributed by atoms with E-state index < -0.39 is 29.7 Å². The van der Waals surface area contributed by atoms with Crippen LogP contribution in [0, 0.1) is 0 Å². The van der Waals surface area contributed by atoms with Gasteiger partial charge >= 0.3 is 17.9 Å². The fourth-order valence-electron chi connectivity index (χ4n) is 4.19. The summed E-state index contributed by atoms with van der Waals surface area (Å²) >= 11 is 6.43. The number of aryl methyl sites for hydroxylation is 1. The molecular formula is C25H19ClF3NO4. The molecule has 0 bridgehead atoms. The summed E-state index contributed by atoms with van der Waals surface area (Å²) in [6.45, 7) is 1.44. The maximum atomic E-state index is 14.2. The van der Waals surface area contributed by atoms with E-state index in [0.29, 0.717) is 16.6 Å². The van der Waals surface area contributed by atoms with Crippen LogP contribution in [0.1, 0.15) is 40.2 Å². The monoisotopic (exact) mass is 489 g/mol. The van der Waals surface area contributed by atoms with Crippen LogP contribution in [0.2, 0.25) is 5.02 Å². The Bertz CT molecular complexity index is 1450. The molecule has 4 rings (SSSR count). The molecule has 0 amide bonds. The summed E-state index contributed by atoms with van der Waals surface area (Å²) in [5.41, 5.74) is 1.97. The maximum absolute atomic E-state index is 14.2. The van der Waals surface area contributed by atoms with Gasteiger partial charge in [0.2, 0.25) is 0 Å². The van der Waals surface area contributed by atoms with Gasteiger partial charge in [0.25, 0.3) is 0 Å². The highest BCUT2D eigenvalue weighted by molar-refractivity contribution is 6.31. The van der Waals surface area contributed by atoms with Gasteiger partial charge in [0.1, 0.15) is 0 Å². The summed E-state index contributed by atoms with van der Waals surface area (Å²) in [4.78, 5) is 23.0. The van der Waals surface area contributed by atoms with E-state index >= 15 is 0 Å². The average molecular weight is 490 g/mol. The second kappa shape index (κ2) is 8.68. The Labute approximate surface area is 197 Å². The van der Waals surface area contributed by atoms with Crippen molar-refractivity contribution in [2.75, 3.05) is 0 Å². The maximum Gasteiger partial charge on any atom is 0.419 e. The van der Waals surface area contributed by atoms with E-state index in [2.05, 4.69) is 0 Å². The lowest BCUT2D eigenvalue weighted by Crippen LogP contribution is -2.26. The zero-order valence-corrected chi connectivity index (χ0v) is 18.8. The first-order valence-corrected chi connectivity index (χ1v) is 10.6. The highest BCUT2D eigenvalue weighted by Gasteiger charge is 2.45. The van der Waals surface area contributed by atoms with Crippen LogP contribution in [-0.4, -0.2) is 21.8 Å². The molecule has 0 saturated carbocycles. The molecular weight excluding hydrogens is 471 g/mol. The number of carboxylic acid groups (broad SMARTS) is 1. The minimum Gasteiger partial charge on any atom is -0.478 e. The molecule has 0 aliphatic rings. The highest BCUT2D eigenvalue weighted by Crippen LogP contribution is 2.47. The van der Waals surface area contributed by atoms with Crippen molar-refractivity contribution in [2.45, 2.75) is 24.9 Å². The van der Waals surface area contributed by atoms with Crippen LogP contribution >= 0.6 is 11.6 Å². The Morgan fingerprint density at radius 2 is 1.76 bits per heavy atom. The summed E-state index contributed by atoms with van der Waals surface area (Å²) < 4.78 is 49.0. The van der Waals surface area contributed by atoms with Crippen LogP contribution in [0.3, 0.4) is 0 Å². The molecule has 1 N–H and O–H groups in total. The van der Waals surface area contributed by atoms with Crippen LogP contribution in [-0.2, 0) is 7.05 Å². The van der Waals surface area contributed by atoms with Gasteiger partial charge in [-0.15, -0.1) is 0 Å². The van der Waals surface area contributed by atoms with Gasteiger partial charge < -0.3 is 9.52 Å². The van der Waals surface area contributed by atoms with Gasteiger partial charge in [-0.2, -0.15) is 13.2 Å². The van der Waals surface area contributed by atoms with E-state index in [1.807, 2.05) is 0 Å². The van der Waals surface area contributed by atoms with Crippen molar-refractivity contribution >= 4 is 28.7 Å². The molecule has 34 heavy (non-hydrogen) atoms. The van der Waals surface area contributed by atoms with Crippen molar-refractivity contribution in [1.29, 1.82) is 0 Å². The van der Waals surface area contributed by atoms with E-state index in [4.69, 9.17) is 16.0 Å². The number of aromatic carboxylic acids is 1. The van der Waals surface area contributed by atoms with E-state index in [-0.39, 0.29) is 27.3 Å². The van der Waals surface area contributed by atoms with Gasteiger partial charge in [-0.3, -0.25) is 4.57 Å². The second-order valence-electron chi connectivity index (χ2n) is 8.08. The lowest BCUT2D eigenvalue weighted by Gasteiger charge is -2.28. The zero-order chi connectivity index (χ0) is 24.8. The largest absolute Gasteiger partial charge is 0.478 e. The molecule has 0 fully saturated rings. The molecule has 0 aliphatic carbocycles. The van der Waals surface area contributed by atoms with Crippen molar-refractivity contribution in [1.82, 2.24) is 4.57 Å². The zero-order valence-electron chi connectivity index (χ0n) is 18.1. The standard InChI is InChI=1S/C25H19ClF3NO4/c1-13(18-8-6-15(11-19(18)26)14-4-3-5-17(10-14)23(31)32)22(25(27,28)29)16-7-9-20-21(12-16)34-24(33)30(20)2/h3-13,22H,1-2H3,(H,31,32). The Balaban J connectivity index is 1.74. The average Bonchev–Trinajstić information content (AvgIpc) is 3.05. The van der Waals surface area contributed by atoms with Crippen molar-refractivity contribution in [3.05, 3.63) is 92.9 Å². The number of oxazole rings is 1. The van der Waals surface area contributed by atoms with Gasteiger partial charge in [-0.1, -0.05) is 48.9 Å². The van der Waals surface area contributed by atoms with E-state index in [0.717, 1.165) is 0 Å². The number of hydrogen-bond acceptors (Lipinski definition) is 3. The third kappa shape index (κ3) is 4.33. The number of halogens is 4. The van der Waals surface area contributed by atoms with Gasteiger partial charge in [-0.05, 0) is 58.5 Å². The van der Waals surface area contributed by atoms with Crippen LogP contribution < -0.4 is 5.76 Å². The summed E-state index contributed by atoms with van der Waals surface area (Å²) in [5, 5.41) is 9.33. The van der Waals surface area contributed by atoms with Gasteiger partial charge in [-0.25, -0.2) is 9.59 Å². The first kappa shape index (κ1) is 23.6. The van der Waals surface area contributed by atoms with Crippen LogP contribution in [0.15, 0.2) is 69.9 Å². The number of carbonyl (C=O) groups is 1. The molecule has 3 aromatic carbocycles. The fourth-order valence-corrected chi connectivity index (χ4v) is 4.54. The van der Waals surface area contributed by atoms with Crippen molar-refractivity contribution in [3.63, 3.8) is 0 Å². The normalized spacial score (nSPS) is 13.7. The summed E-state index contributed by atoms with van der Waals surface area (Å²) in [6.07, 6.45) is -4.60. The SMILES string of the molecule is CC(c1ccc(-c2cccc(C(=O)O)c2)cc1Cl)C(c1ccc2c(c1)oc(=O)n2C)C(F)(F)F. The first-order chi connectivity index (χ1) is 16.0. The molecule has 0 aliphatic heterocycles. The molecule has 2 unspecified atom stereocenters. The number of rotatable bonds is 5. The molecule has 2 atom stereocenters. The summed E-state index contributed by atoms with van der Waals surface area (Å²) in [6, 6.07) is 14.9. The van der Waals surface area contributed by atoms with Crippen LogP contribution in [0.5, 0.6) is 0 Å². The predicted molar refractivity (Wildman–Crippen MR) is 123 cm³/mol. The number of hydrogen-bond donors (Lipinski definition) is 1. The number of alkyl halides is 3. The van der Waals surface area contributed by atoms with Crippen molar-refractivity contribution in [3.8, 4) is 11.1 Å². The Hall–Kier alpha value is -3.52. The predicted octanol–water partition coefficient (Wildman–Crippen LogP) is 6.60. The molecule has 4 aromatic rings. The van der Waals surface area contributed by atoms with E-state index in [9.17, 15) is 27.9 Å². The third-order valence-electron chi connectivity index (χ3n) is 5.96. The first-order valence-electron chi connectivity index (χ1n) is 10.3. The third-order valence-corrected chi connectivity index (χ3v) is 6.29. The Morgan fingerprint density at radius 3 is 2.41 bits per heavy atom. The van der Waals surface area contributed by atoms with Crippen LogP contribution in [0.25, 0.3) is 22.2 Å². The van der Waals surface area contributed by atoms with Gasteiger partial charge in [0.15, 0.2) is 5.58 Å². The minimum absolute atomic E-state index is 0.0452. The second-order valence-corrected chi connectivity index (χ2v) is 8.49. The lowest BCUT2D eigenvalue weighted by molar-refractivity contribution is -0.154. The Morgan fingerprint density at radius 1 is 1.06 bits per heavy atom. The molecule has 0 saturated heterocycles. The molecule has 1 heterocycles. The molecule has 176 valence electrons. The number of nitrogens with zero attached hydrogens (tertiary/aromatic N) is 1. The molecule has 5 nitrogen and oxygen atoms in total. The number of benzene rings is 3. The van der Waals surface area contributed by atoms with E-state index in [1.165, 1.54) is 61.0 Å². The van der Waals surface area contributed by atoms with Gasteiger partial charge in [0, 0.05) is 12.1 Å². The Kier molecular flexibility index (Phi) is 6.03. The fraction of sp³-hybridized carbons (Fsp3) is 0.200. The summed E-state index contributed by atoms with van der Waals surface area (Å²) in [7, 11) is 1.48. The summed E-state index contributed by atoms with van der Waals surface area (Å²) in [5.74, 6) is -4.70. The van der Waals surface area contributed by atoms with Crippen molar-refractivity contribution < 1.29 is 27.5 Å². The number of aromatic nitrogens is 1. The minimum atomic E-state index is -4.60. The highest BCUT2D eigenvalue weighted by atomic mass is 35.5. The number of carboxylic acids is 1. The van der Waals surface area contributed by atoms with E-state index in [1.54, 1.807) is 18.2 Å². The molecule has 9 heteroatoms. The van der Waals surface area contributed by atoms with Crippen LogP contribution in [0.4, 0.5) is 13.2 Å².